The summed E-state index contributed by atoms with van der Waals surface area (Å²) in [5, 5.41) is 2.30. The lowest BCUT2D eigenvalue weighted by atomic mass is 9.84. The van der Waals surface area contributed by atoms with Gasteiger partial charge in [0.05, 0.1) is 0 Å². The van der Waals surface area contributed by atoms with Crippen LogP contribution in [0.2, 0.25) is 0 Å². The molecule has 0 saturated carbocycles. The summed E-state index contributed by atoms with van der Waals surface area (Å²) in [6.07, 6.45) is 10.2. The molecule has 3 rings (SSSR count). The maximum atomic E-state index is 11.1. The Morgan fingerprint density at radius 1 is 1.17 bits per heavy atom. The van der Waals surface area contributed by atoms with Gasteiger partial charge in [0.15, 0.2) is 0 Å². The molecular weight excluding hydrogens is 296 g/mol. The highest BCUT2D eigenvalue weighted by atomic mass is 16.5. The smallest absolute Gasteiger partial charge is 0.308 e. The van der Waals surface area contributed by atoms with Gasteiger partial charge < -0.3 is 4.74 Å². The Labute approximate surface area is 144 Å². The third-order valence-electron chi connectivity index (χ3n) is 4.93. The number of rotatable bonds is 5. The molecule has 1 unspecified atom stereocenters. The molecule has 0 heterocycles. The van der Waals surface area contributed by atoms with E-state index in [9.17, 15) is 4.79 Å². The Bertz CT molecular complexity index is 758. The number of unbranched alkanes of at least 4 members (excludes halogenated alkanes) is 1. The van der Waals surface area contributed by atoms with E-state index in [1.54, 1.807) is 0 Å². The van der Waals surface area contributed by atoms with Crippen molar-refractivity contribution in [3.05, 3.63) is 48.0 Å². The average molecular weight is 322 g/mol. The van der Waals surface area contributed by atoms with Crippen molar-refractivity contribution in [2.75, 3.05) is 0 Å². The molecule has 126 valence electrons. The van der Waals surface area contributed by atoms with E-state index in [-0.39, 0.29) is 5.97 Å². The Kier molecular flexibility index (Phi) is 5.34. The van der Waals surface area contributed by atoms with Gasteiger partial charge in [0.2, 0.25) is 0 Å². The molecular formula is C22H26O2. The van der Waals surface area contributed by atoms with Crippen molar-refractivity contribution in [3.63, 3.8) is 0 Å². The maximum absolute atomic E-state index is 11.1. The molecule has 0 N–H and O–H groups in total. The number of carbonyl (C=O) groups excluding carboxylic acids is 1. The number of hydrogen-bond acceptors (Lipinski definition) is 2. The van der Waals surface area contributed by atoms with Crippen molar-refractivity contribution in [1.82, 2.24) is 0 Å². The second-order valence-corrected chi connectivity index (χ2v) is 6.83. The van der Waals surface area contributed by atoms with Gasteiger partial charge in [0.1, 0.15) is 5.75 Å². The van der Waals surface area contributed by atoms with Gasteiger partial charge in [-0.25, -0.2) is 0 Å². The standard InChI is InChI=1S/C22H26O2/c1-3-4-5-17-6-8-18(9-7-17)19-10-11-21-15-22(24-16(2)23)13-12-20(21)14-19/h8,10-15,17H,3-7,9H2,1-2H3. The van der Waals surface area contributed by atoms with Gasteiger partial charge in [0.25, 0.3) is 0 Å². The van der Waals surface area contributed by atoms with Crippen LogP contribution in [-0.2, 0) is 4.79 Å². The van der Waals surface area contributed by atoms with Crippen LogP contribution in [-0.4, -0.2) is 5.97 Å². The van der Waals surface area contributed by atoms with Crippen molar-refractivity contribution in [3.8, 4) is 5.75 Å². The molecule has 1 aliphatic carbocycles. The van der Waals surface area contributed by atoms with Crippen molar-refractivity contribution >= 4 is 22.3 Å². The molecule has 2 nitrogen and oxygen atoms in total. The first-order chi connectivity index (χ1) is 11.7. The third kappa shape index (κ3) is 4.05. The fourth-order valence-electron chi connectivity index (χ4n) is 3.56. The number of hydrogen-bond donors (Lipinski definition) is 0. The van der Waals surface area contributed by atoms with E-state index in [1.165, 1.54) is 62.0 Å². The van der Waals surface area contributed by atoms with E-state index in [2.05, 4.69) is 31.2 Å². The van der Waals surface area contributed by atoms with E-state index in [0.717, 1.165) is 11.3 Å². The van der Waals surface area contributed by atoms with Crippen LogP contribution < -0.4 is 4.74 Å². The topological polar surface area (TPSA) is 26.3 Å². The first kappa shape index (κ1) is 16.8. The highest BCUT2D eigenvalue weighted by molar-refractivity contribution is 5.88. The van der Waals surface area contributed by atoms with Crippen LogP contribution in [0, 0.1) is 5.92 Å². The van der Waals surface area contributed by atoms with E-state index < -0.39 is 0 Å². The Morgan fingerprint density at radius 3 is 2.67 bits per heavy atom. The van der Waals surface area contributed by atoms with Crippen LogP contribution in [0.25, 0.3) is 16.3 Å². The van der Waals surface area contributed by atoms with Crippen LogP contribution in [0.5, 0.6) is 5.75 Å². The van der Waals surface area contributed by atoms with Crippen molar-refractivity contribution < 1.29 is 9.53 Å². The number of ether oxygens (including phenoxy) is 1. The lowest BCUT2D eigenvalue weighted by Crippen LogP contribution is -2.05. The summed E-state index contributed by atoms with van der Waals surface area (Å²) < 4.78 is 5.16. The van der Waals surface area contributed by atoms with Crippen molar-refractivity contribution in [2.24, 2.45) is 5.92 Å². The summed E-state index contributed by atoms with van der Waals surface area (Å²) in [4.78, 5) is 11.1. The SMILES string of the molecule is CCCCC1CC=C(c2ccc3cc(OC(C)=O)ccc3c2)CC1. The Balaban J connectivity index is 1.76. The summed E-state index contributed by atoms with van der Waals surface area (Å²) in [5.41, 5.74) is 2.81. The van der Waals surface area contributed by atoms with Gasteiger partial charge >= 0.3 is 5.97 Å². The zero-order chi connectivity index (χ0) is 16.9. The molecule has 0 radical (unpaired) electrons. The molecule has 0 amide bonds. The molecule has 2 aromatic rings. The third-order valence-corrected chi connectivity index (χ3v) is 4.93. The van der Waals surface area contributed by atoms with E-state index in [0.29, 0.717) is 5.75 Å². The average Bonchev–Trinajstić information content (AvgIpc) is 2.59. The van der Waals surface area contributed by atoms with E-state index in [1.807, 2.05) is 18.2 Å². The number of fused-ring (bicyclic) bond motifs is 1. The fraction of sp³-hybridized carbons (Fsp3) is 0.409. The lowest BCUT2D eigenvalue weighted by molar-refractivity contribution is -0.131. The van der Waals surface area contributed by atoms with Crippen LogP contribution >= 0.6 is 0 Å². The molecule has 0 spiro atoms. The predicted molar refractivity (Wildman–Crippen MR) is 100 cm³/mol. The minimum Gasteiger partial charge on any atom is -0.427 e. The first-order valence-corrected chi connectivity index (χ1v) is 9.07. The molecule has 0 bridgehead atoms. The lowest BCUT2D eigenvalue weighted by Gasteiger charge is -2.22. The second kappa shape index (κ2) is 7.65. The Hall–Kier alpha value is -2.09. The summed E-state index contributed by atoms with van der Waals surface area (Å²) >= 11 is 0. The largest absolute Gasteiger partial charge is 0.427 e. The van der Waals surface area contributed by atoms with Gasteiger partial charge in [-0.15, -0.1) is 0 Å². The molecule has 24 heavy (non-hydrogen) atoms. The molecule has 2 heteroatoms. The van der Waals surface area contributed by atoms with Gasteiger partial charge in [-0.2, -0.15) is 0 Å². The van der Waals surface area contributed by atoms with Gasteiger partial charge in [0, 0.05) is 6.92 Å². The second-order valence-electron chi connectivity index (χ2n) is 6.83. The zero-order valence-corrected chi connectivity index (χ0v) is 14.7. The van der Waals surface area contributed by atoms with Crippen LogP contribution in [0.15, 0.2) is 42.5 Å². The van der Waals surface area contributed by atoms with Crippen molar-refractivity contribution in [2.45, 2.75) is 52.4 Å². The van der Waals surface area contributed by atoms with Gasteiger partial charge in [-0.1, -0.05) is 50.5 Å². The monoisotopic (exact) mass is 322 g/mol. The summed E-state index contributed by atoms with van der Waals surface area (Å²) in [5.74, 6) is 1.20. The molecule has 0 aromatic heterocycles. The maximum Gasteiger partial charge on any atom is 0.308 e. The quantitative estimate of drug-likeness (QED) is 0.488. The van der Waals surface area contributed by atoms with E-state index in [4.69, 9.17) is 4.74 Å². The minimum absolute atomic E-state index is 0.282. The predicted octanol–water partition coefficient (Wildman–Crippen LogP) is 6.14. The molecule has 0 saturated heterocycles. The number of allylic oxidation sites excluding steroid dienone is 2. The highest BCUT2D eigenvalue weighted by Gasteiger charge is 2.15. The molecule has 2 aromatic carbocycles. The van der Waals surface area contributed by atoms with E-state index >= 15 is 0 Å². The number of esters is 1. The van der Waals surface area contributed by atoms with Crippen molar-refractivity contribution in [1.29, 1.82) is 0 Å². The first-order valence-electron chi connectivity index (χ1n) is 9.07. The molecule has 0 fully saturated rings. The summed E-state index contributed by atoms with van der Waals surface area (Å²) in [7, 11) is 0. The minimum atomic E-state index is -0.282. The highest BCUT2D eigenvalue weighted by Crippen LogP contribution is 2.34. The van der Waals surface area contributed by atoms with Crippen LogP contribution in [0.1, 0.15) is 57.9 Å². The van der Waals surface area contributed by atoms with Gasteiger partial charge in [-0.05, 0) is 65.3 Å². The summed E-state index contributed by atoms with van der Waals surface area (Å²) in [6, 6.07) is 12.4. The van der Waals surface area contributed by atoms with Crippen LogP contribution in [0.3, 0.4) is 0 Å². The van der Waals surface area contributed by atoms with Gasteiger partial charge in [-0.3, -0.25) is 4.79 Å². The molecule has 0 aliphatic heterocycles. The zero-order valence-electron chi connectivity index (χ0n) is 14.7. The normalized spacial score (nSPS) is 17.6. The fourth-order valence-corrected chi connectivity index (χ4v) is 3.56. The molecule has 1 atom stereocenters. The number of carbonyl (C=O) groups is 1. The van der Waals surface area contributed by atoms with Crippen LogP contribution in [0.4, 0.5) is 0 Å². The molecule has 1 aliphatic rings. The number of benzene rings is 2. The summed E-state index contributed by atoms with van der Waals surface area (Å²) in [6.45, 7) is 3.70. The Morgan fingerprint density at radius 2 is 1.96 bits per heavy atom.